The first kappa shape index (κ1) is 16.5. The third kappa shape index (κ3) is 3.76. The molecule has 128 valence electrons. The van der Waals surface area contributed by atoms with Gasteiger partial charge in [-0.25, -0.2) is 0 Å². The first-order valence-electron chi connectivity index (χ1n) is 8.15. The summed E-state index contributed by atoms with van der Waals surface area (Å²) in [4.78, 5) is 14.3. The molecule has 24 heavy (non-hydrogen) atoms. The summed E-state index contributed by atoms with van der Waals surface area (Å²) >= 11 is 0. The molecule has 0 aliphatic carbocycles. The van der Waals surface area contributed by atoms with Gasteiger partial charge < -0.3 is 14.7 Å². The summed E-state index contributed by atoms with van der Waals surface area (Å²) in [6, 6.07) is 9.50. The first-order valence-corrected chi connectivity index (χ1v) is 8.15. The molecule has 2 aromatic rings. The second kappa shape index (κ2) is 7.05. The predicted octanol–water partition coefficient (Wildman–Crippen LogP) is 1.33. The van der Waals surface area contributed by atoms with E-state index in [-0.39, 0.29) is 11.8 Å². The molecule has 0 spiro atoms. The number of nitrogens with zero attached hydrogens (tertiary/aromatic N) is 2. The van der Waals surface area contributed by atoms with Crippen LogP contribution in [0.1, 0.15) is 17.0 Å². The monoisotopic (exact) mass is 329 g/mol. The number of aryl methyl sites for hydroxylation is 1. The van der Waals surface area contributed by atoms with Crippen molar-refractivity contribution in [3.05, 3.63) is 47.3 Å². The Morgan fingerprint density at radius 1 is 1.42 bits per heavy atom. The average molecular weight is 329 g/mol. The van der Waals surface area contributed by atoms with Gasteiger partial charge >= 0.3 is 0 Å². The summed E-state index contributed by atoms with van der Waals surface area (Å²) in [5, 5.41) is 17.4. The smallest absolute Gasteiger partial charge is 0.227 e. The Bertz CT molecular complexity index is 713. The molecule has 1 aliphatic heterocycles. The normalized spacial score (nSPS) is 20.4. The van der Waals surface area contributed by atoms with E-state index in [4.69, 9.17) is 4.74 Å². The Morgan fingerprint density at radius 3 is 2.96 bits per heavy atom. The number of aliphatic hydroxyl groups excluding tert-OH is 1. The van der Waals surface area contributed by atoms with Crippen LogP contribution in [0.3, 0.4) is 0 Å². The number of carbonyl (C=O) groups is 1. The van der Waals surface area contributed by atoms with Crippen molar-refractivity contribution >= 4 is 5.91 Å². The van der Waals surface area contributed by atoms with Crippen molar-refractivity contribution in [2.45, 2.75) is 25.9 Å². The maximum atomic E-state index is 12.5. The number of β-amino-alcohol motifs (C(OH)–C–C–N with tert-alkyl or cyclic N) is 1. The van der Waals surface area contributed by atoms with E-state index in [0.717, 1.165) is 22.7 Å². The molecule has 2 heterocycles. The highest BCUT2D eigenvalue weighted by Crippen LogP contribution is 2.22. The third-order valence-corrected chi connectivity index (χ3v) is 4.48. The van der Waals surface area contributed by atoms with Crippen LogP contribution >= 0.6 is 0 Å². The third-order valence-electron chi connectivity index (χ3n) is 4.48. The molecule has 2 N–H and O–H groups in total. The standard InChI is InChI=1S/C18H23N3O3/c1-12-6-15(20-19-12)9-14-10-21(11-17(14)22)18(23)8-13-4-3-5-16(7-13)24-2/h3-7,14,17,22H,8-11H2,1-2H3,(H,19,20)/t14-,17+/m1/s1. The van der Waals surface area contributed by atoms with Crippen LogP contribution in [-0.2, 0) is 17.6 Å². The van der Waals surface area contributed by atoms with E-state index in [1.807, 2.05) is 37.3 Å². The number of carbonyl (C=O) groups excluding carboxylic acids is 1. The molecule has 0 radical (unpaired) electrons. The lowest BCUT2D eigenvalue weighted by Crippen LogP contribution is -2.31. The number of hydrogen-bond donors (Lipinski definition) is 2. The van der Waals surface area contributed by atoms with Gasteiger partial charge in [-0.15, -0.1) is 0 Å². The topological polar surface area (TPSA) is 78.5 Å². The Kier molecular flexibility index (Phi) is 4.85. The zero-order valence-electron chi connectivity index (χ0n) is 14.0. The minimum absolute atomic E-state index is 0.0296. The SMILES string of the molecule is COc1cccc(CC(=O)N2C[C@@H](Cc3cc(C)[nH]n3)[C@@H](O)C2)c1. The summed E-state index contributed by atoms with van der Waals surface area (Å²) in [6.45, 7) is 2.90. The van der Waals surface area contributed by atoms with Crippen LogP contribution in [0.25, 0.3) is 0 Å². The summed E-state index contributed by atoms with van der Waals surface area (Å²) in [6.07, 6.45) is 0.489. The number of aromatic amines is 1. The van der Waals surface area contributed by atoms with Crippen LogP contribution < -0.4 is 4.74 Å². The highest BCUT2D eigenvalue weighted by atomic mass is 16.5. The van der Waals surface area contributed by atoms with Gasteiger partial charge in [-0.1, -0.05) is 12.1 Å². The van der Waals surface area contributed by atoms with Gasteiger partial charge in [0, 0.05) is 24.7 Å². The van der Waals surface area contributed by atoms with Crippen molar-refractivity contribution in [1.82, 2.24) is 15.1 Å². The Morgan fingerprint density at radius 2 is 2.25 bits per heavy atom. The summed E-state index contributed by atoms with van der Waals surface area (Å²) in [5.41, 5.74) is 2.85. The fourth-order valence-corrected chi connectivity index (χ4v) is 3.17. The summed E-state index contributed by atoms with van der Waals surface area (Å²) < 4.78 is 5.19. The van der Waals surface area contributed by atoms with E-state index in [1.54, 1.807) is 12.0 Å². The molecular formula is C18H23N3O3. The number of aliphatic hydroxyl groups is 1. The van der Waals surface area contributed by atoms with Crippen molar-refractivity contribution in [2.24, 2.45) is 5.92 Å². The highest BCUT2D eigenvalue weighted by Gasteiger charge is 2.34. The number of nitrogens with one attached hydrogen (secondary N) is 1. The molecule has 6 heteroatoms. The van der Waals surface area contributed by atoms with Crippen LogP contribution in [0.15, 0.2) is 30.3 Å². The number of hydrogen-bond acceptors (Lipinski definition) is 4. The number of aromatic nitrogens is 2. The van der Waals surface area contributed by atoms with E-state index in [1.165, 1.54) is 0 Å². The van der Waals surface area contributed by atoms with Crippen molar-refractivity contribution in [3.63, 3.8) is 0 Å². The minimum Gasteiger partial charge on any atom is -0.497 e. The molecule has 1 fully saturated rings. The number of likely N-dealkylation sites (tertiary alicyclic amines) is 1. The van der Waals surface area contributed by atoms with Crippen LogP contribution in [0, 0.1) is 12.8 Å². The zero-order valence-corrected chi connectivity index (χ0v) is 14.0. The van der Waals surface area contributed by atoms with Gasteiger partial charge in [0.25, 0.3) is 0 Å². The number of methoxy groups -OCH3 is 1. The maximum absolute atomic E-state index is 12.5. The molecule has 1 aromatic heterocycles. The largest absolute Gasteiger partial charge is 0.497 e. The van der Waals surface area contributed by atoms with E-state index < -0.39 is 6.10 Å². The van der Waals surface area contributed by atoms with Gasteiger partial charge in [0.15, 0.2) is 0 Å². The molecule has 3 rings (SSSR count). The number of rotatable bonds is 5. The summed E-state index contributed by atoms with van der Waals surface area (Å²) in [5.74, 6) is 0.804. The van der Waals surface area contributed by atoms with E-state index >= 15 is 0 Å². The predicted molar refractivity (Wildman–Crippen MR) is 89.8 cm³/mol. The molecule has 0 bridgehead atoms. The lowest BCUT2D eigenvalue weighted by atomic mass is 10.0. The van der Waals surface area contributed by atoms with E-state index in [9.17, 15) is 9.90 Å². The number of benzene rings is 1. The molecule has 6 nitrogen and oxygen atoms in total. The highest BCUT2D eigenvalue weighted by molar-refractivity contribution is 5.79. The van der Waals surface area contributed by atoms with Crippen molar-refractivity contribution in [2.75, 3.05) is 20.2 Å². The van der Waals surface area contributed by atoms with Crippen LogP contribution in [-0.4, -0.2) is 52.4 Å². The molecular weight excluding hydrogens is 306 g/mol. The molecule has 0 saturated carbocycles. The average Bonchev–Trinajstić information content (AvgIpc) is 3.14. The molecule has 1 aromatic carbocycles. The van der Waals surface area contributed by atoms with Gasteiger partial charge in [0.2, 0.25) is 5.91 Å². The number of H-pyrrole nitrogens is 1. The maximum Gasteiger partial charge on any atom is 0.227 e. The molecule has 2 atom stereocenters. The second-order valence-corrected chi connectivity index (χ2v) is 6.40. The van der Waals surface area contributed by atoms with E-state index in [0.29, 0.717) is 25.9 Å². The van der Waals surface area contributed by atoms with Gasteiger partial charge in [0.05, 0.1) is 25.3 Å². The fraction of sp³-hybridized carbons (Fsp3) is 0.444. The Balaban J connectivity index is 1.60. The molecule has 1 saturated heterocycles. The summed E-state index contributed by atoms with van der Waals surface area (Å²) in [7, 11) is 1.61. The van der Waals surface area contributed by atoms with Crippen molar-refractivity contribution in [3.8, 4) is 5.75 Å². The van der Waals surface area contributed by atoms with Gasteiger partial charge in [-0.3, -0.25) is 9.89 Å². The van der Waals surface area contributed by atoms with Gasteiger partial charge in [-0.2, -0.15) is 5.10 Å². The van der Waals surface area contributed by atoms with Crippen LogP contribution in [0.4, 0.5) is 0 Å². The van der Waals surface area contributed by atoms with E-state index in [2.05, 4.69) is 10.2 Å². The minimum atomic E-state index is -0.503. The van der Waals surface area contributed by atoms with Crippen molar-refractivity contribution in [1.29, 1.82) is 0 Å². The first-order chi connectivity index (χ1) is 11.5. The lowest BCUT2D eigenvalue weighted by Gasteiger charge is -2.16. The molecule has 1 amide bonds. The zero-order chi connectivity index (χ0) is 17.1. The molecule has 0 unspecified atom stereocenters. The van der Waals surface area contributed by atoms with Crippen LogP contribution in [0.5, 0.6) is 5.75 Å². The fourth-order valence-electron chi connectivity index (χ4n) is 3.17. The Labute approximate surface area is 141 Å². The molecule has 1 aliphatic rings. The van der Waals surface area contributed by atoms with Gasteiger partial charge in [-0.05, 0) is 37.1 Å². The van der Waals surface area contributed by atoms with Crippen molar-refractivity contribution < 1.29 is 14.6 Å². The number of amides is 1. The quantitative estimate of drug-likeness (QED) is 0.867. The lowest BCUT2D eigenvalue weighted by molar-refractivity contribution is -0.129. The van der Waals surface area contributed by atoms with Crippen LogP contribution in [0.2, 0.25) is 0 Å². The second-order valence-electron chi connectivity index (χ2n) is 6.40. The Hall–Kier alpha value is -2.34. The van der Waals surface area contributed by atoms with Gasteiger partial charge in [0.1, 0.15) is 5.75 Å². The number of ether oxygens (including phenoxy) is 1.